The first-order chi connectivity index (χ1) is 10.2. The van der Waals surface area contributed by atoms with E-state index in [9.17, 15) is 4.79 Å². The number of carbonyl (C=O) groups is 1. The van der Waals surface area contributed by atoms with Crippen LogP contribution >= 0.6 is 0 Å². The molecule has 0 aliphatic carbocycles. The number of hydrogen-bond acceptors (Lipinski definition) is 4. The summed E-state index contributed by atoms with van der Waals surface area (Å²) in [6.07, 6.45) is 0. The lowest BCUT2D eigenvalue weighted by atomic mass is 10.2. The summed E-state index contributed by atoms with van der Waals surface area (Å²) in [5, 5.41) is 9.14. The predicted molar refractivity (Wildman–Crippen MR) is 76.7 cm³/mol. The predicted octanol–water partition coefficient (Wildman–Crippen LogP) is 2.95. The van der Waals surface area contributed by atoms with Gasteiger partial charge in [0.25, 0.3) is 0 Å². The van der Waals surface area contributed by atoms with Crippen LogP contribution in [0.4, 0.5) is 0 Å². The fourth-order valence-electron chi connectivity index (χ4n) is 1.77. The molecule has 1 N–H and O–H groups in total. The molecular weight excluding hydrogens is 272 g/mol. The van der Waals surface area contributed by atoms with Gasteiger partial charge in [0.2, 0.25) is 0 Å². The van der Waals surface area contributed by atoms with Crippen LogP contribution in [0.1, 0.15) is 15.9 Å². The van der Waals surface area contributed by atoms with Crippen LogP contribution in [-0.4, -0.2) is 25.0 Å². The summed E-state index contributed by atoms with van der Waals surface area (Å²) in [6.45, 7) is 0.376. The van der Waals surface area contributed by atoms with Crippen LogP contribution in [0.25, 0.3) is 0 Å². The summed E-state index contributed by atoms with van der Waals surface area (Å²) in [7, 11) is 1.48. The van der Waals surface area contributed by atoms with Gasteiger partial charge >= 0.3 is 5.97 Å². The van der Waals surface area contributed by atoms with Crippen LogP contribution in [-0.2, 0) is 11.3 Å². The Morgan fingerprint density at radius 1 is 1.14 bits per heavy atom. The second kappa shape index (κ2) is 7.31. The highest BCUT2D eigenvalue weighted by Gasteiger charge is 2.12. The van der Waals surface area contributed by atoms with E-state index in [0.717, 1.165) is 5.56 Å². The molecule has 0 fully saturated rings. The molecule has 2 aromatic rings. The highest BCUT2D eigenvalue weighted by atomic mass is 16.7. The number of carboxylic acids is 1. The molecule has 21 heavy (non-hydrogen) atoms. The normalized spacial score (nSPS) is 10.1. The Labute approximate surface area is 122 Å². The molecule has 5 heteroatoms. The van der Waals surface area contributed by atoms with E-state index in [1.54, 1.807) is 12.1 Å². The third-order valence-corrected chi connectivity index (χ3v) is 2.83. The molecule has 0 saturated carbocycles. The first-order valence-corrected chi connectivity index (χ1v) is 6.36. The second-order valence-electron chi connectivity index (χ2n) is 4.26. The minimum absolute atomic E-state index is 0.0263. The number of rotatable bonds is 7. The average Bonchev–Trinajstić information content (AvgIpc) is 2.52. The van der Waals surface area contributed by atoms with E-state index in [1.807, 2.05) is 30.3 Å². The van der Waals surface area contributed by atoms with Crippen molar-refractivity contribution >= 4 is 5.97 Å². The quantitative estimate of drug-likeness (QED) is 0.627. The largest absolute Gasteiger partial charge is 0.497 e. The smallest absolute Gasteiger partial charge is 0.339 e. The van der Waals surface area contributed by atoms with Crippen molar-refractivity contribution in [2.24, 2.45) is 0 Å². The van der Waals surface area contributed by atoms with Gasteiger partial charge in [0.1, 0.15) is 17.1 Å². The zero-order valence-electron chi connectivity index (χ0n) is 11.6. The molecule has 0 amide bonds. The van der Waals surface area contributed by atoms with Crippen LogP contribution in [0.3, 0.4) is 0 Å². The molecule has 0 saturated heterocycles. The summed E-state index contributed by atoms with van der Waals surface area (Å²) in [5.41, 5.74) is 1.06. The van der Waals surface area contributed by atoms with E-state index in [-0.39, 0.29) is 18.1 Å². The Kier molecular flexibility index (Phi) is 5.17. The Bertz CT molecular complexity index is 595. The van der Waals surface area contributed by atoms with E-state index in [4.69, 9.17) is 19.3 Å². The van der Waals surface area contributed by atoms with E-state index in [1.165, 1.54) is 13.2 Å². The average molecular weight is 288 g/mol. The number of aromatic carboxylic acids is 1. The molecule has 0 aliphatic rings. The number of benzene rings is 2. The van der Waals surface area contributed by atoms with E-state index < -0.39 is 5.97 Å². The van der Waals surface area contributed by atoms with E-state index in [2.05, 4.69) is 0 Å². The number of methoxy groups -OCH3 is 1. The van der Waals surface area contributed by atoms with Gasteiger partial charge in [-0.05, 0) is 23.8 Å². The Balaban J connectivity index is 1.92. The third-order valence-electron chi connectivity index (χ3n) is 2.83. The molecule has 0 bridgehead atoms. The SMILES string of the molecule is COc1ccc(OCOCc2ccccc2)c(C(=O)O)c1. The van der Waals surface area contributed by atoms with Crippen molar-refractivity contribution in [2.45, 2.75) is 6.61 Å². The van der Waals surface area contributed by atoms with Crippen molar-refractivity contribution < 1.29 is 24.1 Å². The van der Waals surface area contributed by atoms with Gasteiger partial charge in [-0.3, -0.25) is 0 Å². The maximum absolute atomic E-state index is 11.2. The first-order valence-electron chi connectivity index (χ1n) is 6.36. The first kappa shape index (κ1) is 14.9. The summed E-state index contributed by atoms with van der Waals surface area (Å²) in [6, 6.07) is 14.3. The van der Waals surface area contributed by atoms with Crippen molar-refractivity contribution in [3.8, 4) is 11.5 Å². The minimum atomic E-state index is -1.08. The van der Waals surface area contributed by atoms with Gasteiger partial charge < -0.3 is 19.3 Å². The Morgan fingerprint density at radius 3 is 2.57 bits per heavy atom. The van der Waals surface area contributed by atoms with Crippen LogP contribution < -0.4 is 9.47 Å². The molecule has 2 aromatic carbocycles. The topological polar surface area (TPSA) is 65.0 Å². The lowest BCUT2D eigenvalue weighted by Gasteiger charge is -2.11. The van der Waals surface area contributed by atoms with Gasteiger partial charge in [0.05, 0.1) is 13.7 Å². The van der Waals surface area contributed by atoms with Crippen LogP contribution in [0, 0.1) is 0 Å². The lowest BCUT2D eigenvalue weighted by Crippen LogP contribution is -2.07. The second-order valence-corrected chi connectivity index (χ2v) is 4.26. The minimum Gasteiger partial charge on any atom is -0.497 e. The highest BCUT2D eigenvalue weighted by molar-refractivity contribution is 5.91. The lowest BCUT2D eigenvalue weighted by molar-refractivity contribution is 0.00428. The van der Waals surface area contributed by atoms with E-state index in [0.29, 0.717) is 12.4 Å². The molecule has 0 spiro atoms. The van der Waals surface area contributed by atoms with Crippen molar-refractivity contribution in [2.75, 3.05) is 13.9 Å². The van der Waals surface area contributed by atoms with Crippen LogP contribution in [0.5, 0.6) is 11.5 Å². The molecule has 0 atom stereocenters. The molecular formula is C16H16O5. The standard InChI is InChI=1S/C16H16O5/c1-19-13-7-8-15(14(9-13)16(17)18)21-11-20-10-12-5-3-2-4-6-12/h2-9H,10-11H2,1H3,(H,17,18). The van der Waals surface area contributed by atoms with Gasteiger partial charge in [0.15, 0.2) is 6.79 Å². The monoisotopic (exact) mass is 288 g/mol. The van der Waals surface area contributed by atoms with Gasteiger partial charge in [0, 0.05) is 0 Å². The van der Waals surface area contributed by atoms with Crippen LogP contribution in [0.15, 0.2) is 48.5 Å². The van der Waals surface area contributed by atoms with Gasteiger partial charge in [-0.25, -0.2) is 4.79 Å². The van der Waals surface area contributed by atoms with Crippen molar-refractivity contribution in [1.29, 1.82) is 0 Å². The molecule has 2 rings (SSSR count). The molecule has 0 heterocycles. The molecule has 5 nitrogen and oxygen atoms in total. The summed E-state index contributed by atoms with van der Waals surface area (Å²) < 4.78 is 15.7. The number of carboxylic acid groups (broad SMARTS) is 1. The third kappa shape index (κ3) is 4.22. The summed E-state index contributed by atoms with van der Waals surface area (Å²) in [4.78, 5) is 11.2. The van der Waals surface area contributed by atoms with Gasteiger partial charge in [-0.1, -0.05) is 30.3 Å². The Hall–Kier alpha value is -2.53. The van der Waals surface area contributed by atoms with Crippen LogP contribution in [0.2, 0.25) is 0 Å². The molecule has 110 valence electrons. The fourth-order valence-corrected chi connectivity index (χ4v) is 1.77. The highest BCUT2D eigenvalue weighted by Crippen LogP contribution is 2.24. The molecule has 0 aliphatic heterocycles. The zero-order valence-corrected chi connectivity index (χ0v) is 11.6. The maximum Gasteiger partial charge on any atom is 0.339 e. The number of ether oxygens (including phenoxy) is 3. The molecule has 0 unspecified atom stereocenters. The number of hydrogen-bond donors (Lipinski definition) is 1. The van der Waals surface area contributed by atoms with E-state index >= 15 is 0 Å². The fraction of sp³-hybridized carbons (Fsp3) is 0.188. The zero-order chi connectivity index (χ0) is 15.1. The van der Waals surface area contributed by atoms with Gasteiger partial charge in [-0.15, -0.1) is 0 Å². The maximum atomic E-state index is 11.2. The summed E-state index contributed by atoms with van der Waals surface area (Å²) >= 11 is 0. The van der Waals surface area contributed by atoms with Gasteiger partial charge in [-0.2, -0.15) is 0 Å². The van der Waals surface area contributed by atoms with Crippen molar-refractivity contribution in [3.05, 3.63) is 59.7 Å². The van der Waals surface area contributed by atoms with Crippen molar-refractivity contribution in [1.82, 2.24) is 0 Å². The Morgan fingerprint density at radius 2 is 1.90 bits per heavy atom. The summed E-state index contributed by atoms with van der Waals surface area (Å²) in [5.74, 6) is -0.367. The van der Waals surface area contributed by atoms with Crippen molar-refractivity contribution in [3.63, 3.8) is 0 Å². The molecule has 0 radical (unpaired) electrons. The molecule has 0 aromatic heterocycles.